The normalized spacial score (nSPS) is 16.2. The van der Waals surface area contributed by atoms with Gasteiger partial charge in [-0.1, -0.05) is 43.7 Å². The SMILES string of the molecule is COc1cc(C=CC(=O)C(Cc2ccc(O)c(OC)c2)C(=O)C=CC2=C(C)CCCC2(C)C)ccc1O. The van der Waals surface area contributed by atoms with Crippen molar-refractivity contribution >= 4 is 17.6 Å². The van der Waals surface area contributed by atoms with Crippen LogP contribution in [0.2, 0.25) is 0 Å². The van der Waals surface area contributed by atoms with Gasteiger partial charge in [-0.3, -0.25) is 9.59 Å². The average Bonchev–Trinajstić information content (AvgIpc) is 2.86. The standard InChI is InChI=1S/C31H36O6/c1-20-7-6-16-31(2,3)24(20)11-15-26(33)23(17-22-10-14-28(35)30(19-22)37-5)25(32)12-8-21-9-13-27(34)29(18-21)36-4/h8-15,18-19,23,34-35H,6-7,16-17H2,1-5H3. The van der Waals surface area contributed by atoms with Gasteiger partial charge in [0.2, 0.25) is 0 Å². The number of phenolic OH excluding ortho intramolecular Hbond substituents is 2. The molecule has 1 unspecified atom stereocenters. The topological polar surface area (TPSA) is 93.1 Å². The lowest BCUT2D eigenvalue weighted by Crippen LogP contribution is -2.24. The van der Waals surface area contributed by atoms with E-state index in [4.69, 9.17) is 9.47 Å². The van der Waals surface area contributed by atoms with Crippen LogP contribution >= 0.6 is 0 Å². The lowest BCUT2D eigenvalue weighted by atomic mass is 9.72. The third-order valence-electron chi connectivity index (χ3n) is 6.97. The summed E-state index contributed by atoms with van der Waals surface area (Å²) in [4.78, 5) is 26.8. The molecule has 1 aliphatic rings. The van der Waals surface area contributed by atoms with Crippen LogP contribution in [0.1, 0.15) is 51.2 Å². The molecular weight excluding hydrogens is 468 g/mol. The van der Waals surface area contributed by atoms with E-state index in [0.717, 1.165) is 24.8 Å². The Kier molecular flexibility index (Phi) is 8.98. The van der Waals surface area contributed by atoms with Crippen LogP contribution in [0, 0.1) is 11.3 Å². The number of methoxy groups -OCH3 is 2. The van der Waals surface area contributed by atoms with Gasteiger partial charge in [-0.05, 0) is 91.1 Å². The fourth-order valence-corrected chi connectivity index (χ4v) is 4.81. The number of hydrogen-bond donors (Lipinski definition) is 2. The molecule has 2 aromatic carbocycles. The summed E-state index contributed by atoms with van der Waals surface area (Å²) in [5.41, 5.74) is 3.74. The van der Waals surface area contributed by atoms with Crippen molar-refractivity contribution < 1.29 is 29.3 Å². The van der Waals surface area contributed by atoms with Gasteiger partial charge in [-0.15, -0.1) is 0 Å². The van der Waals surface area contributed by atoms with E-state index >= 15 is 0 Å². The molecule has 0 fully saturated rings. The van der Waals surface area contributed by atoms with E-state index < -0.39 is 5.92 Å². The lowest BCUT2D eigenvalue weighted by molar-refractivity contribution is -0.127. The molecule has 6 nitrogen and oxygen atoms in total. The van der Waals surface area contributed by atoms with Crippen molar-refractivity contribution in [3.8, 4) is 23.0 Å². The number of benzene rings is 2. The first kappa shape index (κ1) is 27.8. The van der Waals surface area contributed by atoms with Gasteiger partial charge in [0.1, 0.15) is 0 Å². The smallest absolute Gasteiger partial charge is 0.166 e. The Morgan fingerprint density at radius 3 is 2.16 bits per heavy atom. The molecule has 0 saturated heterocycles. The van der Waals surface area contributed by atoms with E-state index in [1.54, 1.807) is 30.3 Å². The lowest BCUT2D eigenvalue weighted by Gasteiger charge is -2.32. The Bertz CT molecular complexity index is 1250. The van der Waals surface area contributed by atoms with Gasteiger partial charge in [-0.25, -0.2) is 0 Å². The highest BCUT2D eigenvalue weighted by atomic mass is 16.5. The van der Waals surface area contributed by atoms with Crippen LogP contribution in [-0.4, -0.2) is 36.0 Å². The third-order valence-corrected chi connectivity index (χ3v) is 6.97. The molecular formula is C31H36O6. The van der Waals surface area contributed by atoms with Crippen molar-refractivity contribution in [3.63, 3.8) is 0 Å². The molecule has 6 heteroatoms. The van der Waals surface area contributed by atoms with Crippen LogP contribution in [-0.2, 0) is 16.0 Å². The highest BCUT2D eigenvalue weighted by Gasteiger charge is 2.28. The molecule has 0 aromatic heterocycles. The summed E-state index contributed by atoms with van der Waals surface area (Å²) >= 11 is 0. The summed E-state index contributed by atoms with van der Waals surface area (Å²) in [6.07, 6.45) is 9.73. The zero-order chi connectivity index (χ0) is 27.2. The van der Waals surface area contributed by atoms with Crippen LogP contribution < -0.4 is 9.47 Å². The zero-order valence-electron chi connectivity index (χ0n) is 22.2. The molecule has 2 aromatic rings. The second-order valence-electron chi connectivity index (χ2n) is 10.1. The molecule has 0 amide bonds. The molecule has 0 heterocycles. The van der Waals surface area contributed by atoms with Crippen LogP contribution in [0.4, 0.5) is 0 Å². The van der Waals surface area contributed by atoms with Gasteiger partial charge < -0.3 is 19.7 Å². The number of carbonyl (C=O) groups is 2. The summed E-state index contributed by atoms with van der Waals surface area (Å²) in [6, 6.07) is 9.57. The molecule has 3 rings (SSSR count). The minimum absolute atomic E-state index is 0.000630. The van der Waals surface area contributed by atoms with E-state index in [2.05, 4.69) is 20.8 Å². The molecule has 0 spiro atoms. The molecule has 2 N–H and O–H groups in total. The number of hydrogen-bond acceptors (Lipinski definition) is 6. The summed E-state index contributed by atoms with van der Waals surface area (Å²) in [5, 5.41) is 19.8. The number of allylic oxidation sites excluding steroid dienone is 5. The van der Waals surface area contributed by atoms with Crippen LogP contribution in [0.15, 0.2) is 65.8 Å². The largest absolute Gasteiger partial charge is 0.504 e. The van der Waals surface area contributed by atoms with Crippen LogP contribution in [0.25, 0.3) is 6.08 Å². The Morgan fingerprint density at radius 1 is 0.946 bits per heavy atom. The predicted molar refractivity (Wildman–Crippen MR) is 145 cm³/mol. The molecule has 0 saturated carbocycles. The fourth-order valence-electron chi connectivity index (χ4n) is 4.81. The maximum absolute atomic E-state index is 13.4. The molecule has 1 aliphatic carbocycles. The Morgan fingerprint density at radius 2 is 1.54 bits per heavy atom. The minimum atomic E-state index is -0.951. The molecule has 0 radical (unpaired) electrons. The first-order chi connectivity index (χ1) is 17.6. The predicted octanol–water partition coefficient (Wildman–Crippen LogP) is 6.21. The van der Waals surface area contributed by atoms with Crippen molar-refractivity contribution in [2.75, 3.05) is 14.2 Å². The average molecular weight is 505 g/mol. The van der Waals surface area contributed by atoms with Crippen molar-refractivity contribution in [2.24, 2.45) is 11.3 Å². The van der Waals surface area contributed by atoms with Gasteiger partial charge >= 0.3 is 0 Å². The molecule has 37 heavy (non-hydrogen) atoms. The van der Waals surface area contributed by atoms with Crippen molar-refractivity contribution in [2.45, 2.75) is 46.5 Å². The highest BCUT2D eigenvalue weighted by Crippen LogP contribution is 2.40. The quantitative estimate of drug-likeness (QED) is 0.295. The molecule has 0 bridgehead atoms. The summed E-state index contributed by atoms with van der Waals surface area (Å²) < 4.78 is 10.3. The second kappa shape index (κ2) is 12.0. The van der Waals surface area contributed by atoms with E-state index in [1.807, 2.05) is 6.08 Å². The molecule has 0 aliphatic heterocycles. The van der Waals surface area contributed by atoms with Crippen molar-refractivity contribution in [1.82, 2.24) is 0 Å². The number of rotatable bonds is 10. The number of carbonyl (C=O) groups excluding carboxylic acids is 2. The third kappa shape index (κ3) is 6.91. The van der Waals surface area contributed by atoms with E-state index in [1.165, 1.54) is 44.1 Å². The van der Waals surface area contributed by atoms with Crippen LogP contribution in [0.3, 0.4) is 0 Å². The van der Waals surface area contributed by atoms with Gasteiger partial charge in [0, 0.05) is 0 Å². The number of ketones is 2. The Labute approximate surface area is 218 Å². The summed E-state index contributed by atoms with van der Waals surface area (Å²) in [5.74, 6) is -1.02. The maximum atomic E-state index is 13.4. The fraction of sp³-hybridized carbons (Fsp3) is 0.355. The number of phenols is 2. The highest BCUT2D eigenvalue weighted by molar-refractivity contribution is 6.12. The number of aromatic hydroxyl groups is 2. The van der Waals surface area contributed by atoms with Gasteiger partial charge in [0.05, 0.1) is 20.1 Å². The monoisotopic (exact) mass is 504 g/mol. The number of ether oxygens (including phenoxy) is 2. The molecule has 196 valence electrons. The summed E-state index contributed by atoms with van der Waals surface area (Å²) in [7, 11) is 2.90. The van der Waals surface area contributed by atoms with Crippen molar-refractivity contribution in [1.29, 1.82) is 0 Å². The van der Waals surface area contributed by atoms with E-state index in [-0.39, 0.29) is 40.7 Å². The zero-order valence-corrected chi connectivity index (χ0v) is 22.2. The summed E-state index contributed by atoms with van der Waals surface area (Å²) in [6.45, 7) is 6.46. The first-order valence-electron chi connectivity index (χ1n) is 12.4. The Balaban J connectivity index is 1.91. The second-order valence-corrected chi connectivity index (χ2v) is 10.1. The van der Waals surface area contributed by atoms with E-state index in [9.17, 15) is 19.8 Å². The first-order valence-corrected chi connectivity index (χ1v) is 12.4. The van der Waals surface area contributed by atoms with Crippen molar-refractivity contribution in [3.05, 3.63) is 76.9 Å². The maximum Gasteiger partial charge on any atom is 0.166 e. The van der Waals surface area contributed by atoms with Gasteiger partial charge in [0.15, 0.2) is 34.6 Å². The van der Waals surface area contributed by atoms with Crippen LogP contribution in [0.5, 0.6) is 23.0 Å². The van der Waals surface area contributed by atoms with E-state index in [0.29, 0.717) is 16.9 Å². The molecule has 1 atom stereocenters. The minimum Gasteiger partial charge on any atom is -0.504 e. The van der Waals surface area contributed by atoms with Gasteiger partial charge in [0.25, 0.3) is 0 Å². The van der Waals surface area contributed by atoms with Gasteiger partial charge in [-0.2, -0.15) is 0 Å². The Hall–Kier alpha value is -3.80.